The van der Waals surface area contributed by atoms with E-state index >= 15 is 0 Å². The lowest BCUT2D eigenvalue weighted by Crippen LogP contribution is -2.47. The van der Waals surface area contributed by atoms with E-state index < -0.39 is 0 Å². The Morgan fingerprint density at radius 2 is 1.57 bits per heavy atom. The second-order valence-electron chi connectivity index (χ2n) is 10.3. The third-order valence-electron chi connectivity index (χ3n) is 7.35. The predicted molar refractivity (Wildman–Crippen MR) is 157 cm³/mol. The molecule has 0 spiro atoms. The highest BCUT2D eigenvalue weighted by molar-refractivity contribution is 6.42. The highest BCUT2D eigenvalue weighted by Gasteiger charge is 2.23. The average Bonchev–Trinajstić information content (AvgIpc) is 2.87. The first-order chi connectivity index (χ1) is 17.7. The number of para-hydroxylation sites is 1. The summed E-state index contributed by atoms with van der Waals surface area (Å²) < 4.78 is 0. The number of nitrogens with zero attached hydrogens (tertiary/aromatic N) is 3. The molecule has 0 radical (unpaired) electrons. The molecule has 0 aromatic heterocycles. The SMILES string of the molecule is Cc1cc(C)cc(C(=O)N(C)C[C@@H](CCN2CCN(c3ccccc3C)CC2)c2ccc(Cl)c(Cl)c2)c1. The standard InChI is InChI=1S/C31H37Cl2N3O/c1-22-17-23(2)19-27(18-22)31(37)34(4)21-26(25-9-10-28(32)29(33)20-25)11-12-35-13-15-36(16-14-35)30-8-6-5-7-24(30)3/h5-10,17-20,26H,11-16,21H2,1-4H3/t26-/m1/s1. The van der Waals surface area contributed by atoms with Gasteiger partial charge in [-0.1, -0.05) is 64.7 Å². The molecule has 1 saturated heterocycles. The molecule has 0 unspecified atom stereocenters. The number of carbonyl (C=O) groups is 1. The van der Waals surface area contributed by atoms with Gasteiger partial charge in [0.15, 0.2) is 0 Å². The van der Waals surface area contributed by atoms with E-state index in [2.05, 4.69) is 47.1 Å². The Bertz CT molecular complexity index is 1220. The lowest BCUT2D eigenvalue weighted by atomic mass is 9.94. The average molecular weight is 539 g/mol. The van der Waals surface area contributed by atoms with Gasteiger partial charge in [0.2, 0.25) is 0 Å². The van der Waals surface area contributed by atoms with Gasteiger partial charge in [-0.25, -0.2) is 0 Å². The van der Waals surface area contributed by atoms with Crippen molar-refractivity contribution in [2.75, 3.05) is 51.2 Å². The van der Waals surface area contributed by atoms with Crippen LogP contribution in [0.25, 0.3) is 0 Å². The molecule has 196 valence electrons. The van der Waals surface area contributed by atoms with Crippen LogP contribution in [0.4, 0.5) is 5.69 Å². The molecule has 1 amide bonds. The van der Waals surface area contributed by atoms with Gasteiger partial charge in [0.1, 0.15) is 0 Å². The van der Waals surface area contributed by atoms with Gasteiger partial charge in [-0.2, -0.15) is 0 Å². The van der Waals surface area contributed by atoms with Crippen molar-refractivity contribution in [2.24, 2.45) is 0 Å². The van der Waals surface area contributed by atoms with E-state index in [1.54, 1.807) is 0 Å². The van der Waals surface area contributed by atoms with E-state index in [0.717, 1.165) is 61.4 Å². The van der Waals surface area contributed by atoms with Gasteiger partial charge in [-0.3, -0.25) is 9.69 Å². The van der Waals surface area contributed by atoms with Crippen LogP contribution in [0.15, 0.2) is 60.7 Å². The highest BCUT2D eigenvalue weighted by atomic mass is 35.5. The number of anilines is 1. The molecule has 0 aliphatic carbocycles. The number of hydrogen-bond acceptors (Lipinski definition) is 3. The van der Waals surface area contributed by atoms with Gasteiger partial charge in [0.25, 0.3) is 5.91 Å². The summed E-state index contributed by atoms with van der Waals surface area (Å²) >= 11 is 12.6. The van der Waals surface area contributed by atoms with Crippen LogP contribution >= 0.6 is 23.2 Å². The van der Waals surface area contributed by atoms with Crippen molar-refractivity contribution in [1.82, 2.24) is 9.80 Å². The van der Waals surface area contributed by atoms with Crippen LogP contribution in [-0.2, 0) is 0 Å². The molecule has 3 aromatic rings. The van der Waals surface area contributed by atoms with Crippen LogP contribution < -0.4 is 4.90 Å². The molecule has 1 heterocycles. The molecule has 1 fully saturated rings. The molecule has 0 N–H and O–H groups in total. The Balaban J connectivity index is 1.43. The Labute approximate surface area is 231 Å². The van der Waals surface area contributed by atoms with E-state index in [9.17, 15) is 4.79 Å². The first-order valence-corrected chi connectivity index (χ1v) is 13.8. The number of piperazine rings is 1. The van der Waals surface area contributed by atoms with Gasteiger partial charge in [-0.15, -0.1) is 0 Å². The maximum atomic E-state index is 13.3. The fourth-order valence-corrected chi connectivity index (χ4v) is 5.64. The van der Waals surface area contributed by atoms with E-state index in [1.807, 2.05) is 56.1 Å². The van der Waals surface area contributed by atoms with E-state index in [-0.39, 0.29) is 11.8 Å². The summed E-state index contributed by atoms with van der Waals surface area (Å²) in [6.45, 7) is 11.9. The smallest absolute Gasteiger partial charge is 0.253 e. The molecule has 3 aromatic carbocycles. The zero-order chi connectivity index (χ0) is 26.5. The number of hydrogen-bond donors (Lipinski definition) is 0. The minimum absolute atomic E-state index is 0.0451. The first-order valence-electron chi connectivity index (χ1n) is 13.0. The third kappa shape index (κ3) is 7.07. The predicted octanol–water partition coefficient (Wildman–Crippen LogP) is 6.99. The zero-order valence-corrected chi connectivity index (χ0v) is 23.8. The van der Waals surface area contributed by atoms with Crippen molar-refractivity contribution in [3.63, 3.8) is 0 Å². The van der Waals surface area contributed by atoms with Crippen molar-refractivity contribution in [1.29, 1.82) is 0 Å². The maximum absolute atomic E-state index is 13.3. The van der Waals surface area contributed by atoms with E-state index in [0.29, 0.717) is 16.6 Å². The summed E-state index contributed by atoms with van der Waals surface area (Å²) in [5.74, 6) is 0.202. The number of amides is 1. The summed E-state index contributed by atoms with van der Waals surface area (Å²) in [6.07, 6.45) is 0.937. The molecule has 0 bridgehead atoms. The minimum atomic E-state index is 0.0451. The quantitative estimate of drug-likeness (QED) is 0.309. The number of likely N-dealkylation sites (N-methyl/N-ethyl adjacent to an activating group) is 1. The van der Waals surface area contributed by atoms with Crippen molar-refractivity contribution in [3.05, 3.63) is 98.5 Å². The topological polar surface area (TPSA) is 26.8 Å². The largest absolute Gasteiger partial charge is 0.369 e. The number of carbonyl (C=O) groups excluding carboxylic acids is 1. The number of aryl methyl sites for hydroxylation is 3. The van der Waals surface area contributed by atoms with Gasteiger partial charge in [-0.05, 0) is 75.2 Å². The summed E-state index contributed by atoms with van der Waals surface area (Å²) in [6, 6.07) is 20.5. The second kappa shape index (κ2) is 12.3. The van der Waals surface area contributed by atoms with Gasteiger partial charge in [0, 0.05) is 56.9 Å². The molecule has 1 atom stereocenters. The summed E-state index contributed by atoms with van der Waals surface area (Å²) in [5.41, 5.74) is 6.72. The van der Waals surface area contributed by atoms with Gasteiger partial charge < -0.3 is 9.80 Å². The molecular weight excluding hydrogens is 501 g/mol. The molecule has 37 heavy (non-hydrogen) atoms. The van der Waals surface area contributed by atoms with Gasteiger partial charge in [0.05, 0.1) is 10.0 Å². The lowest BCUT2D eigenvalue weighted by Gasteiger charge is -2.37. The summed E-state index contributed by atoms with van der Waals surface area (Å²) in [4.78, 5) is 20.2. The zero-order valence-electron chi connectivity index (χ0n) is 22.3. The van der Waals surface area contributed by atoms with Crippen LogP contribution in [0.5, 0.6) is 0 Å². The molecule has 4 rings (SSSR count). The van der Waals surface area contributed by atoms with Crippen molar-refractivity contribution >= 4 is 34.8 Å². The van der Waals surface area contributed by atoms with Crippen LogP contribution in [0.3, 0.4) is 0 Å². The van der Waals surface area contributed by atoms with Gasteiger partial charge >= 0.3 is 0 Å². The fourth-order valence-electron chi connectivity index (χ4n) is 5.33. The third-order valence-corrected chi connectivity index (χ3v) is 8.09. The number of benzene rings is 3. The van der Waals surface area contributed by atoms with Crippen LogP contribution in [0.1, 0.15) is 45.0 Å². The van der Waals surface area contributed by atoms with Crippen LogP contribution in [-0.4, -0.2) is 62.0 Å². The van der Waals surface area contributed by atoms with Crippen molar-refractivity contribution in [3.8, 4) is 0 Å². The Morgan fingerprint density at radius 3 is 2.22 bits per heavy atom. The fraction of sp³-hybridized carbons (Fsp3) is 0.387. The van der Waals surface area contributed by atoms with E-state index in [4.69, 9.17) is 23.2 Å². The number of halogens is 2. The molecule has 1 aliphatic heterocycles. The van der Waals surface area contributed by atoms with Crippen LogP contribution in [0.2, 0.25) is 10.0 Å². The molecular formula is C31H37Cl2N3O. The second-order valence-corrected chi connectivity index (χ2v) is 11.2. The minimum Gasteiger partial charge on any atom is -0.369 e. The molecule has 4 nitrogen and oxygen atoms in total. The normalized spacial score (nSPS) is 15.0. The highest BCUT2D eigenvalue weighted by Crippen LogP contribution is 2.30. The van der Waals surface area contributed by atoms with E-state index in [1.165, 1.54) is 11.3 Å². The summed E-state index contributed by atoms with van der Waals surface area (Å²) in [5, 5.41) is 1.11. The first kappa shape index (κ1) is 27.5. The van der Waals surface area contributed by atoms with Crippen molar-refractivity contribution in [2.45, 2.75) is 33.1 Å². The van der Waals surface area contributed by atoms with Crippen LogP contribution in [0, 0.1) is 20.8 Å². The monoisotopic (exact) mass is 537 g/mol. The summed E-state index contributed by atoms with van der Waals surface area (Å²) in [7, 11) is 1.89. The Hall–Kier alpha value is -2.53. The number of rotatable bonds is 8. The molecule has 6 heteroatoms. The molecule has 0 saturated carbocycles. The lowest BCUT2D eigenvalue weighted by molar-refractivity contribution is 0.0782. The Kier molecular flexibility index (Phi) is 9.17. The Morgan fingerprint density at radius 1 is 0.892 bits per heavy atom. The molecule has 1 aliphatic rings. The maximum Gasteiger partial charge on any atom is 0.253 e. The van der Waals surface area contributed by atoms with Crippen molar-refractivity contribution < 1.29 is 4.79 Å².